The summed E-state index contributed by atoms with van der Waals surface area (Å²) in [6.45, 7) is 5.10. The second-order valence-electron chi connectivity index (χ2n) is 9.09. The second kappa shape index (κ2) is 8.23. The number of anilines is 2. The zero-order valence-corrected chi connectivity index (χ0v) is 19.3. The molecule has 5 rings (SSSR count). The van der Waals surface area contributed by atoms with Crippen molar-refractivity contribution < 1.29 is 17.5 Å². The van der Waals surface area contributed by atoms with Crippen LogP contribution in [0.25, 0.3) is 10.9 Å². The van der Waals surface area contributed by atoms with E-state index in [4.69, 9.17) is 15.5 Å². The molecule has 1 saturated heterocycles. The lowest BCUT2D eigenvalue weighted by molar-refractivity contribution is -0.0979. The van der Waals surface area contributed by atoms with Crippen LogP contribution in [-0.4, -0.2) is 52.0 Å². The molecule has 0 saturated carbocycles. The Balaban J connectivity index is 1.54. The van der Waals surface area contributed by atoms with Crippen molar-refractivity contribution in [3.05, 3.63) is 59.4 Å². The van der Waals surface area contributed by atoms with E-state index >= 15 is 0 Å². The van der Waals surface area contributed by atoms with E-state index in [0.717, 1.165) is 28.2 Å². The summed E-state index contributed by atoms with van der Waals surface area (Å²) in [5, 5.41) is 4.55. The molecule has 0 radical (unpaired) electrons. The molecule has 1 fully saturated rings. The topological polar surface area (TPSA) is 97.6 Å². The van der Waals surface area contributed by atoms with Crippen LogP contribution in [-0.2, 0) is 21.1 Å². The predicted molar refractivity (Wildman–Crippen MR) is 127 cm³/mol. The van der Waals surface area contributed by atoms with Crippen LogP contribution in [0, 0.1) is 18.2 Å². The van der Waals surface area contributed by atoms with Gasteiger partial charge in [-0.2, -0.15) is 0 Å². The fourth-order valence-electron chi connectivity index (χ4n) is 4.37. The van der Waals surface area contributed by atoms with E-state index in [0.29, 0.717) is 44.2 Å². The van der Waals surface area contributed by atoms with E-state index in [1.54, 1.807) is 6.07 Å². The Morgan fingerprint density at radius 3 is 2.76 bits per heavy atom. The molecule has 3 aromatic rings. The normalized spacial score (nSPS) is 18.9. The minimum Gasteiger partial charge on any atom is -0.384 e. The molecular formula is C24H27FN4O3S. The van der Waals surface area contributed by atoms with E-state index in [-0.39, 0.29) is 22.6 Å². The van der Waals surface area contributed by atoms with E-state index in [2.05, 4.69) is 11.4 Å². The molecule has 2 aliphatic heterocycles. The summed E-state index contributed by atoms with van der Waals surface area (Å²) in [7, 11) is -3.58. The Bertz CT molecular complexity index is 1320. The molecule has 3 heterocycles. The summed E-state index contributed by atoms with van der Waals surface area (Å²) in [6, 6.07) is 12.0. The van der Waals surface area contributed by atoms with E-state index < -0.39 is 15.7 Å². The van der Waals surface area contributed by atoms with Crippen LogP contribution in [0.5, 0.6) is 0 Å². The van der Waals surface area contributed by atoms with Gasteiger partial charge >= 0.3 is 0 Å². The Kier molecular flexibility index (Phi) is 5.50. The van der Waals surface area contributed by atoms with Crippen LogP contribution < -0.4 is 16.0 Å². The quantitative estimate of drug-likeness (QED) is 0.592. The van der Waals surface area contributed by atoms with Crippen LogP contribution >= 0.6 is 0 Å². The van der Waals surface area contributed by atoms with Crippen LogP contribution in [0.3, 0.4) is 0 Å². The number of halogens is 1. The summed E-state index contributed by atoms with van der Waals surface area (Å²) in [5.74, 6) is 0.0196. The highest BCUT2D eigenvalue weighted by Gasteiger charge is 2.37. The van der Waals surface area contributed by atoms with Gasteiger partial charge in [-0.05, 0) is 36.8 Å². The molecule has 7 nitrogen and oxygen atoms in total. The summed E-state index contributed by atoms with van der Waals surface area (Å²) < 4.78 is 44.7. The lowest BCUT2D eigenvalue weighted by Crippen LogP contribution is -2.52. The number of aromatic nitrogens is 1. The van der Waals surface area contributed by atoms with E-state index in [1.165, 1.54) is 6.07 Å². The third-order valence-electron chi connectivity index (χ3n) is 6.53. The Morgan fingerprint density at radius 2 is 2.03 bits per heavy atom. The van der Waals surface area contributed by atoms with Crippen molar-refractivity contribution in [3.8, 4) is 0 Å². The number of nitrogens with two attached hydrogens (primary N) is 1. The van der Waals surface area contributed by atoms with Gasteiger partial charge in [0.1, 0.15) is 11.6 Å². The molecule has 3 N–H and O–H groups in total. The SMILES string of the molecule is Cc1ccc2nc(N3CCS(=O)(=O)c4cc(F)ccc4C3)cc(NCC3(CN)COC3)c2c1. The molecule has 1 aromatic heterocycles. The Morgan fingerprint density at radius 1 is 1.21 bits per heavy atom. The van der Waals surface area contributed by atoms with Gasteiger partial charge in [-0.1, -0.05) is 17.7 Å². The summed E-state index contributed by atoms with van der Waals surface area (Å²) in [4.78, 5) is 6.85. The largest absolute Gasteiger partial charge is 0.384 e. The molecule has 0 aliphatic carbocycles. The summed E-state index contributed by atoms with van der Waals surface area (Å²) in [5.41, 5.74) is 9.34. The van der Waals surface area contributed by atoms with E-state index in [1.807, 2.05) is 30.0 Å². The van der Waals surface area contributed by atoms with Crippen molar-refractivity contribution in [1.82, 2.24) is 4.98 Å². The van der Waals surface area contributed by atoms with Gasteiger partial charge in [0.2, 0.25) is 0 Å². The van der Waals surface area contributed by atoms with Gasteiger partial charge in [0.25, 0.3) is 0 Å². The van der Waals surface area contributed by atoms with Crippen molar-refractivity contribution in [2.24, 2.45) is 11.1 Å². The maximum atomic E-state index is 13.8. The minimum atomic E-state index is -3.58. The van der Waals surface area contributed by atoms with E-state index in [9.17, 15) is 12.8 Å². The number of hydrogen-bond acceptors (Lipinski definition) is 7. The van der Waals surface area contributed by atoms with Gasteiger partial charge in [0, 0.05) is 48.7 Å². The molecule has 0 spiro atoms. The molecule has 0 bridgehead atoms. The van der Waals surface area contributed by atoms with Crippen molar-refractivity contribution in [2.45, 2.75) is 18.4 Å². The minimum absolute atomic E-state index is 0.0645. The number of ether oxygens (including phenoxy) is 1. The average molecular weight is 471 g/mol. The molecule has 9 heteroatoms. The van der Waals surface area contributed by atoms with Gasteiger partial charge in [0.15, 0.2) is 9.84 Å². The first-order chi connectivity index (χ1) is 15.8. The molecule has 0 unspecified atom stereocenters. The molecule has 2 aromatic carbocycles. The number of nitrogens with zero attached hydrogens (tertiary/aromatic N) is 2. The van der Waals surface area contributed by atoms with Crippen LogP contribution in [0.4, 0.5) is 15.9 Å². The first kappa shape index (κ1) is 22.1. The van der Waals surface area contributed by atoms with Gasteiger partial charge in [-0.15, -0.1) is 0 Å². The summed E-state index contributed by atoms with van der Waals surface area (Å²) in [6.07, 6.45) is 0. The maximum absolute atomic E-state index is 13.8. The van der Waals surface area contributed by atoms with Gasteiger partial charge < -0.3 is 20.7 Å². The number of sulfone groups is 1. The number of fused-ring (bicyclic) bond motifs is 2. The average Bonchev–Trinajstić information content (AvgIpc) is 2.89. The first-order valence-electron chi connectivity index (χ1n) is 11.0. The number of nitrogens with one attached hydrogen (secondary N) is 1. The standard InChI is InChI=1S/C24H27FN4O3S/c1-16-2-5-20-19(8-16)21(27-13-24(12-26)14-32-15-24)10-23(28-20)29-6-7-33(30,31)22-9-18(25)4-3-17(22)11-29/h2-5,8-10H,6-7,11-15,26H2,1H3,(H,27,28). The number of aryl methyl sites for hydroxylation is 1. The highest BCUT2D eigenvalue weighted by atomic mass is 32.2. The second-order valence-corrected chi connectivity index (χ2v) is 11.2. The number of benzene rings is 2. The lowest BCUT2D eigenvalue weighted by atomic mass is 9.86. The van der Waals surface area contributed by atoms with Crippen molar-refractivity contribution >= 4 is 32.2 Å². The molecule has 174 valence electrons. The Hall–Kier alpha value is -2.75. The lowest BCUT2D eigenvalue weighted by Gasteiger charge is -2.40. The van der Waals surface area contributed by atoms with Crippen molar-refractivity contribution in [1.29, 1.82) is 0 Å². The number of hydrogen-bond donors (Lipinski definition) is 2. The number of rotatable bonds is 5. The van der Waals surface area contributed by atoms with Crippen LogP contribution in [0.2, 0.25) is 0 Å². The monoisotopic (exact) mass is 470 g/mol. The summed E-state index contributed by atoms with van der Waals surface area (Å²) >= 11 is 0. The highest BCUT2D eigenvalue weighted by molar-refractivity contribution is 7.91. The zero-order chi connectivity index (χ0) is 23.2. The van der Waals surface area contributed by atoms with Gasteiger partial charge in [-0.25, -0.2) is 17.8 Å². The maximum Gasteiger partial charge on any atom is 0.180 e. The molecular weight excluding hydrogens is 443 g/mol. The smallest absolute Gasteiger partial charge is 0.180 e. The fourth-order valence-corrected chi connectivity index (χ4v) is 5.87. The highest BCUT2D eigenvalue weighted by Crippen LogP contribution is 2.33. The van der Waals surface area contributed by atoms with Gasteiger partial charge in [-0.3, -0.25) is 0 Å². The van der Waals surface area contributed by atoms with Crippen LogP contribution in [0.15, 0.2) is 47.4 Å². The predicted octanol–water partition coefficient (Wildman–Crippen LogP) is 2.86. The third-order valence-corrected chi connectivity index (χ3v) is 8.30. The fraction of sp³-hybridized carbons (Fsp3) is 0.375. The molecule has 2 aliphatic rings. The Labute approximate surface area is 192 Å². The van der Waals surface area contributed by atoms with Crippen molar-refractivity contribution in [2.75, 3.05) is 48.8 Å². The van der Waals surface area contributed by atoms with Crippen LogP contribution in [0.1, 0.15) is 11.1 Å². The number of pyridine rings is 1. The molecule has 33 heavy (non-hydrogen) atoms. The first-order valence-corrected chi connectivity index (χ1v) is 12.6. The van der Waals surface area contributed by atoms with Crippen molar-refractivity contribution in [3.63, 3.8) is 0 Å². The molecule has 0 amide bonds. The van der Waals surface area contributed by atoms with Gasteiger partial charge in [0.05, 0.1) is 29.4 Å². The third kappa shape index (κ3) is 4.16. The molecule has 0 atom stereocenters. The zero-order valence-electron chi connectivity index (χ0n) is 18.5.